The van der Waals surface area contributed by atoms with Gasteiger partial charge in [0.15, 0.2) is 0 Å². The van der Waals surface area contributed by atoms with E-state index in [2.05, 4.69) is 22.0 Å². The normalized spacial score (nSPS) is 14.9. The van der Waals surface area contributed by atoms with Crippen LogP contribution in [0.4, 0.5) is 14.5 Å². The van der Waals surface area contributed by atoms with Gasteiger partial charge in [-0.15, -0.1) is 11.3 Å². The molecule has 2 heterocycles. The third-order valence-electron chi connectivity index (χ3n) is 7.67. The molecule has 0 aliphatic carbocycles. The lowest BCUT2D eigenvalue weighted by molar-refractivity contribution is -0.132. The van der Waals surface area contributed by atoms with E-state index in [0.717, 1.165) is 53.4 Å². The predicted molar refractivity (Wildman–Crippen MR) is 169 cm³/mol. The molecule has 1 atom stereocenters. The lowest BCUT2D eigenvalue weighted by Gasteiger charge is -2.34. The molecule has 0 bridgehead atoms. The molecular formula is C32H33ClF2N4O3S2. The third-order valence-corrected chi connectivity index (χ3v) is 11.0. The Morgan fingerprint density at radius 3 is 2.41 bits per heavy atom. The monoisotopic (exact) mass is 658 g/mol. The molecule has 4 aromatic rings. The van der Waals surface area contributed by atoms with Crippen molar-refractivity contribution in [2.24, 2.45) is 0 Å². The molecule has 3 aromatic carbocycles. The molecule has 1 aliphatic heterocycles. The van der Waals surface area contributed by atoms with Gasteiger partial charge in [-0.3, -0.25) is 14.0 Å². The summed E-state index contributed by atoms with van der Waals surface area (Å²) in [6, 6.07) is 17.5. The van der Waals surface area contributed by atoms with Crippen LogP contribution in [0.3, 0.4) is 0 Å². The maximum atomic E-state index is 15.0. The van der Waals surface area contributed by atoms with E-state index < -0.39 is 33.4 Å². The third kappa shape index (κ3) is 7.63. The fourth-order valence-corrected chi connectivity index (χ4v) is 7.97. The van der Waals surface area contributed by atoms with Gasteiger partial charge in [-0.2, -0.15) is 0 Å². The Morgan fingerprint density at radius 2 is 1.70 bits per heavy atom. The number of thiazole rings is 1. The van der Waals surface area contributed by atoms with Crippen molar-refractivity contribution in [3.8, 4) is 0 Å². The van der Waals surface area contributed by atoms with Gasteiger partial charge in [0, 0.05) is 61.3 Å². The van der Waals surface area contributed by atoms with E-state index in [1.807, 2.05) is 23.1 Å². The van der Waals surface area contributed by atoms with Crippen molar-refractivity contribution in [3.05, 3.63) is 111 Å². The average molecular weight is 659 g/mol. The largest absolute Gasteiger partial charge is 0.340 e. The molecule has 1 saturated heterocycles. The minimum absolute atomic E-state index is 0.0597. The lowest BCUT2D eigenvalue weighted by atomic mass is 10.1. The standard InChI is InChI=1S/C32H33ClF2N4O3S2/c1-23(39(30-21-26(34)9-13-29(30)35)44(41,42)28-11-7-25(33)8-12-28)32-36-22-27(43-32)10-14-31(40)38-19-17-37(18-20-38)16-15-24-5-3-2-4-6-24/h2-9,11-13,21-23H,10,14-20H2,1H3. The van der Waals surface area contributed by atoms with Gasteiger partial charge in [0.2, 0.25) is 5.91 Å². The Labute approximate surface area is 265 Å². The summed E-state index contributed by atoms with van der Waals surface area (Å²) in [7, 11) is -4.34. The molecule has 0 saturated carbocycles. The summed E-state index contributed by atoms with van der Waals surface area (Å²) in [5.41, 5.74) is 0.873. The van der Waals surface area contributed by atoms with Crippen molar-refractivity contribution in [1.82, 2.24) is 14.8 Å². The number of hydrogen-bond acceptors (Lipinski definition) is 6. The van der Waals surface area contributed by atoms with Crippen LogP contribution in [-0.4, -0.2) is 61.8 Å². The number of sulfonamides is 1. The Kier molecular flexibility index (Phi) is 10.3. The first-order valence-corrected chi connectivity index (χ1v) is 17.0. The molecule has 1 aliphatic rings. The van der Waals surface area contributed by atoms with Crippen LogP contribution in [0.5, 0.6) is 0 Å². The summed E-state index contributed by atoms with van der Waals surface area (Å²) in [4.78, 5) is 22.3. The predicted octanol–water partition coefficient (Wildman–Crippen LogP) is 6.35. The molecule has 5 rings (SSSR count). The topological polar surface area (TPSA) is 73.8 Å². The van der Waals surface area contributed by atoms with E-state index >= 15 is 0 Å². The molecule has 232 valence electrons. The number of aromatic nitrogens is 1. The van der Waals surface area contributed by atoms with Crippen LogP contribution in [0.15, 0.2) is 83.9 Å². The minimum atomic E-state index is -4.34. The van der Waals surface area contributed by atoms with Crippen molar-refractivity contribution in [2.75, 3.05) is 37.0 Å². The number of hydrogen-bond donors (Lipinski definition) is 0. The SMILES string of the molecule is CC(c1ncc(CCC(=O)N2CCN(CCc3ccccc3)CC2)s1)N(c1cc(F)ccc1F)S(=O)(=O)c1ccc(Cl)cc1. The van der Waals surface area contributed by atoms with Crippen LogP contribution in [-0.2, 0) is 27.7 Å². The molecule has 1 unspecified atom stereocenters. The molecule has 44 heavy (non-hydrogen) atoms. The van der Waals surface area contributed by atoms with Crippen LogP contribution in [0.2, 0.25) is 5.02 Å². The van der Waals surface area contributed by atoms with Gasteiger partial charge in [0.1, 0.15) is 16.6 Å². The summed E-state index contributed by atoms with van der Waals surface area (Å²) in [6.45, 7) is 5.54. The van der Waals surface area contributed by atoms with Gasteiger partial charge in [0.25, 0.3) is 10.0 Å². The molecule has 1 fully saturated rings. The fourth-order valence-electron chi connectivity index (χ4n) is 5.19. The van der Waals surface area contributed by atoms with Gasteiger partial charge in [-0.25, -0.2) is 22.2 Å². The van der Waals surface area contributed by atoms with Gasteiger partial charge >= 0.3 is 0 Å². The van der Waals surface area contributed by atoms with E-state index in [4.69, 9.17) is 11.6 Å². The second-order valence-corrected chi connectivity index (χ2v) is 14.0. The molecule has 1 aromatic heterocycles. The zero-order chi connectivity index (χ0) is 31.3. The fraction of sp³-hybridized carbons (Fsp3) is 0.312. The molecule has 12 heteroatoms. The number of amides is 1. The molecule has 7 nitrogen and oxygen atoms in total. The quantitative estimate of drug-likeness (QED) is 0.188. The zero-order valence-corrected chi connectivity index (χ0v) is 26.6. The molecular weight excluding hydrogens is 626 g/mol. The van der Waals surface area contributed by atoms with Crippen molar-refractivity contribution < 1.29 is 22.0 Å². The van der Waals surface area contributed by atoms with Crippen LogP contribution in [0.1, 0.15) is 34.8 Å². The number of nitrogens with zero attached hydrogens (tertiary/aromatic N) is 4. The summed E-state index contributed by atoms with van der Waals surface area (Å²) >= 11 is 7.20. The van der Waals surface area contributed by atoms with E-state index in [0.29, 0.717) is 36.0 Å². The van der Waals surface area contributed by atoms with E-state index in [9.17, 15) is 22.0 Å². The lowest BCUT2D eigenvalue weighted by Crippen LogP contribution is -2.49. The first kappa shape index (κ1) is 32.0. The summed E-state index contributed by atoms with van der Waals surface area (Å²) in [5.74, 6) is -1.61. The van der Waals surface area contributed by atoms with E-state index in [-0.39, 0.29) is 10.8 Å². The second kappa shape index (κ2) is 14.2. The van der Waals surface area contributed by atoms with Crippen molar-refractivity contribution >= 4 is 44.6 Å². The zero-order valence-electron chi connectivity index (χ0n) is 24.2. The second-order valence-electron chi connectivity index (χ2n) is 10.6. The number of aryl methyl sites for hydroxylation is 1. The van der Waals surface area contributed by atoms with Crippen LogP contribution >= 0.6 is 22.9 Å². The highest BCUT2D eigenvalue weighted by atomic mass is 35.5. The smallest absolute Gasteiger partial charge is 0.265 e. The Morgan fingerprint density at radius 1 is 1.00 bits per heavy atom. The number of anilines is 1. The van der Waals surface area contributed by atoms with Crippen LogP contribution in [0, 0.1) is 11.6 Å². The highest BCUT2D eigenvalue weighted by Crippen LogP contribution is 2.37. The number of carbonyl (C=O) groups is 1. The molecule has 0 radical (unpaired) electrons. The Balaban J connectivity index is 1.23. The summed E-state index contributed by atoms with van der Waals surface area (Å²) in [5, 5.41) is 0.727. The van der Waals surface area contributed by atoms with Gasteiger partial charge in [0.05, 0.1) is 16.6 Å². The summed E-state index contributed by atoms with van der Waals surface area (Å²) < 4.78 is 57.6. The van der Waals surface area contributed by atoms with Crippen molar-refractivity contribution in [3.63, 3.8) is 0 Å². The highest BCUT2D eigenvalue weighted by Gasteiger charge is 2.34. The molecule has 0 spiro atoms. The Bertz CT molecular complexity index is 1680. The Hall–Kier alpha value is -3.38. The summed E-state index contributed by atoms with van der Waals surface area (Å²) in [6.07, 6.45) is 3.33. The first-order chi connectivity index (χ1) is 21.1. The average Bonchev–Trinajstić information content (AvgIpc) is 3.51. The molecule has 0 N–H and O–H groups in total. The number of benzene rings is 3. The maximum absolute atomic E-state index is 15.0. The van der Waals surface area contributed by atoms with Gasteiger partial charge in [-0.05, 0) is 61.7 Å². The number of piperazine rings is 1. The van der Waals surface area contributed by atoms with Gasteiger partial charge < -0.3 is 4.90 Å². The van der Waals surface area contributed by atoms with Crippen LogP contribution in [0.25, 0.3) is 0 Å². The van der Waals surface area contributed by atoms with Gasteiger partial charge in [-0.1, -0.05) is 41.9 Å². The van der Waals surface area contributed by atoms with Crippen molar-refractivity contribution in [1.29, 1.82) is 0 Å². The van der Waals surface area contributed by atoms with Crippen molar-refractivity contribution in [2.45, 2.75) is 37.1 Å². The first-order valence-electron chi connectivity index (χ1n) is 14.4. The minimum Gasteiger partial charge on any atom is -0.340 e. The number of rotatable bonds is 11. The number of carbonyl (C=O) groups excluding carboxylic acids is 1. The van der Waals surface area contributed by atoms with E-state index in [1.54, 1.807) is 13.1 Å². The highest BCUT2D eigenvalue weighted by molar-refractivity contribution is 7.92. The molecule has 1 amide bonds. The number of halogens is 3. The van der Waals surface area contributed by atoms with E-state index in [1.165, 1.54) is 41.2 Å². The maximum Gasteiger partial charge on any atom is 0.265 e. The van der Waals surface area contributed by atoms with Crippen LogP contribution < -0.4 is 4.31 Å².